The van der Waals surface area contributed by atoms with E-state index in [9.17, 15) is 4.79 Å². The van der Waals surface area contributed by atoms with E-state index >= 15 is 0 Å². The van der Waals surface area contributed by atoms with Crippen LogP contribution in [0.2, 0.25) is 0 Å². The van der Waals surface area contributed by atoms with E-state index in [1.807, 2.05) is 6.07 Å². The van der Waals surface area contributed by atoms with Gasteiger partial charge in [-0.1, -0.05) is 12.1 Å². The van der Waals surface area contributed by atoms with Gasteiger partial charge in [0.05, 0.1) is 0 Å². The summed E-state index contributed by atoms with van der Waals surface area (Å²) in [5, 5.41) is 0. The van der Waals surface area contributed by atoms with Crippen LogP contribution in [0.1, 0.15) is 13.8 Å². The number of hydrogen-bond donors (Lipinski definition) is 0. The zero-order valence-corrected chi connectivity index (χ0v) is 7.61. The van der Waals surface area contributed by atoms with E-state index in [0.29, 0.717) is 11.5 Å². The Bertz CT molecular complexity index is 294. The van der Waals surface area contributed by atoms with E-state index in [2.05, 4.69) is 0 Å². The molecule has 0 aliphatic rings. The lowest BCUT2D eigenvalue weighted by Crippen LogP contribution is -2.02. The molecule has 3 heteroatoms. The van der Waals surface area contributed by atoms with Crippen LogP contribution < -0.4 is 9.47 Å². The minimum absolute atomic E-state index is 0.354. The lowest BCUT2D eigenvalue weighted by Gasteiger charge is -2.07. The number of esters is 1. The summed E-state index contributed by atoms with van der Waals surface area (Å²) < 4.78 is 10.0. The number of hydrogen-bond acceptors (Lipinski definition) is 3. The molecular formula is C10H11O3. The van der Waals surface area contributed by atoms with Gasteiger partial charge in [0.15, 0.2) is 11.5 Å². The maximum absolute atomic E-state index is 10.7. The van der Waals surface area contributed by atoms with Gasteiger partial charge in [0.1, 0.15) is 6.61 Å². The number of para-hydroxylation sites is 2. The minimum Gasteiger partial charge on any atom is -0.483 e. The second-order valence-electron chi connectivity index (χ2n) is 2.39. The molecule has 0 aliphatic carbocycles. The van der Waals surface area contributed by atoms with Crippen molar-refractivity contribution in [3.63, 3.8) is 0 Å². The summed E-state index contributed by atoms with van der Waals surface area (Å²) in [5.41, 5.74) is 0. The molecule has 0 N–H and O–H groups in total. The maximum atomic E-state index is 10.7. The first-order valence-electron chi connectivity index (χ1n) is 3.96. The van der Waals surface area contributed by atoms with Gasteiger partial charge in [-0.3, -0.25) is 4.79 Å². The van der Waals surface area contributed by atoms with Crippen molar-refractivity contribution in [1.29, 1.82) is 0 Å². The second-order valence-corrected chi connectivity index (χ2v) is 2.39. The monoisotopic (exact) mass is 179 g/mol. The molecule has 13 heavy (non-hydrogen) atoms. The standard InChI is InChI=1S/C10H11O3/c1-3-12-9-6-4-5-7-10(9)13-8(2)11/h3-7H,1-2H3. The molecule has 0 heterocycles. The lowest BCUT2D eigenvalue weighted by atomic mass is 10.3. The third-order valence-corrected chi connectivity index (χ3v) is 1.35. The highest BCUT2D eigenvalue weighted by molar-refractivity contribution is 5.70. The Hall–Kier alpha value is -1.51. The van der Waals surface area contributed by atoms with Gasteiger partial charge in [-0.2, -0.15) is 0 Å². The fraction of sp³-hybridized carbons (Fsp3) is 0.200. The van der Waals surface area contributed by atoms with Gasteiger partial charge in [0.2, 0.25) is 0 Å². The van der Waals surface area contributed by atoms with Crippen molar-refractivity contribution in [2.75, 3.05) is 0 Å². The van der Waals surface area contributed by atoms with Crippen LogP contribution in [0.5, 0.6) is 11.5 Å². The molecule has 0 atom stereocenters. The summed E-state index contributed by atoms with van der Waals surface area (Å²) in [4.78, 5) is 10.7. The molecule has 1 aromatic rings. The molecule has 1 radical (unpaired) electrons. The zero-order chi connectivity index (χ0) is 9.68. The van der Waals surface area contributed by atoms with Gasteiger partial charge in [0, 0.05) is 6.92 Å². The van der Waals surface area contributed by atoms with Gasteiger partial charge in [-0.15, -0.1) is 0 Å². The van der Waals surface area contributed by atoms with Crippen LogP contribution in [-0.2, 0) is 4.79 Å². The normalized spacial score (nSPS) is 9.38. The lowest BCUT2D eigenvalue weighted by molar-refractivity contribution is -0.132. The molecule has 0 spiro atoms. The number of carbonyl (C=O) groups excluding carboxylic acids is 1. The van der Waals surface area contributed by atoms with E-state index in [0.717, 1.165) is 0 Å². The first kappa shape index (κ1) is 9.58. The van der Waals surface area contributed by atoms with Crippen LogP contribution >= 0.6 is 0 Å². The smallest absolute Gasteiger partial charge is 0.308 e. The van der Waals surface area contributed by atoms with Crippen molar-refractivity contribution in [2.45, 2.75) is 13.8 Å². The summed E-state index contributed by atoms with van der Waals surface area (Å²) in [7, 11) is 0. The number of carbonyl (C=O) groups is 1. The Balaban J connectivity index is 2.84. The van der Waals surface area contributed by atoms with Gasteiger partial charge < -0.3 is 9.47 Å². The van der Waals surface area contributed by atoms with Crippen molar-refractivity contribution in [1.82, 2.24) is 0 Å². The first-order chi connectivity index (χ1) is 6.24. The summed E-state index contributed by atoms with van der Waals surface area (Å²) >= 11 is 0. The summed E-state index contributed by atoms with van der Waals surface area (Å²) in [6, 6.07) is 7.01. The van der Waals surface area contributed by atoms with Crippen molar-refractivity contribution in [3.8, 4) is 11.5 Å². The quantitative estimate of drug-likeness (QED) is 0.527. The average molecular weight is 179 g/mol. The molecule has 0 bridgehead atoms. The molecule has 3 nitrogen and oxygen atoms in total. The van der Waals surface area contributed by atoms with E-state index in [4.69, 9.17) is 9.47 Å². The summed E-state index contributed by atoms with van der Waals surface area (Å²) in [6.45, 7) is 4.64. The molecule has 1 aromatic carbocycles. The molecule has 0 amide bonds. The van der Waals surface area contributed by atoms with E-state index in [-0.39, 0.29) is 5.97 Å². The first-order valence-corrected chi connectivity index (χ1v) is 3.96. The Morgan fingerprint density at radius 2 is 1.92 bits per heavy atom. The molecule has 0 unspecified atom stereocenters. The van der Waals surface area contributed by atoms with Crippen molar-refractivity contribution in [2.24, 2.45) is 0 Å². The molecule has 69 valence electrons. The number of benzene rings is 1. The zero-order valence-electron chi connectivity index (χ0n) is 7.61. The Morgan fingerprint density at radius 3 is 2.46 bits per heavy atom. The fourth-order valence-corrected chi connectivity index (χ4v) is 0.914. The molecule has 0 aliphatic heterocycles. The Morgan fingerprint density at radius 1 is 1.31 bits per heavy atom. The molecule has 1 rings (SSSR count). The van der Waals surface area contributed by atoms with Gasteiger partial charge in [0.25, 0.3) is 0 Å². The SMILES string of the molecule is C[CH]Oc1ccccc1OC(C)=O. The summed E-state index contributed by atoms with van der Waals surface area (Å²) in [6.07, 6.45) is 0. The van der Waals surface area contributed by atoms with Gasteiger partial charge >= 0.3 is 5.97 Å². The predicted octanol–water partition coefficient (Wildman–Crippen LogP) is 2.17. The van der Waals surface area contributed by atoms with Crippen LogP contribution in [0.15, 0.2) is 24.3 Å². The highest BCUT2D eigenvalue weighted by atomic mass is 16.6. The van der Waals surface area contributed by atoms with Crippen LogP contribution in [0, 0.1) is 6.61 Å². The second kappa shape index (κ2) is 4.50. The molecule has 0 fully saturated rings. The Kier molecular flexibility index (Phi) is 3.31. The average Bonchev–Trinajstić information content (AvgIpc) is 2.08. The minimum atomic E-state index is -0.354. The molecule has 0 aromatic heterocycles. The van der Waals surface area contributed by atoms with E-state index in [1.165, 1.54) is 13.5 Å². The van der Waals surface area contributed by atoms with Crippen LogP contribution in [0.25, 0.3) is 0 Å². The van der Waals surface area contributed by atoms with E-state index in [1.54, 1.807) is 25.1 Å². The van der Waals surface area contributed by atoms with Crippen molar-refractivity contribution < 1.29 is 14.3 Å². The maximum Gasteiger partial charge on any atom is 0.308 e. The van der Waals surface area contributed by atoms with E-state index < -0.39 is 0 Å². The third kappa shape index (κ3) is 2.78. The molecule has 0 saturated heterocycles. The number of rotatable bonds is 3. The van der Waals surface area contributed by atoms with Gasteiger partial charge in [-0.05, 0) is 19.1 Å². The van der Waals surface area contributed by atoms with Crippen LogP contribution in [0.4, 0.5) is 0 Å². The highest BCUT2D eigenvalue weighted by Gasteiger charge is 2.04. The Labute approximate surface area is 77.3 Å². The van der Waals surface area contributed by atoms with Crippen LogP contribution in [-0.4, -0.2) is 5.97 Å². The number of ether oxygens (including phenoxy) is 2. The van der Waals surface area contributed by atoms with Crippen molar-refractivity contribution >= 4 is 5.97 Å². The third-order valence-electron chi connectivity index (χ3n) is 1.35. The van der Waals surface area contributed by atoms with Crippen LogP contribution in [0.3, 0.4) is 0 Å². The van der Waals surface area contributed by atoms with Crippen molar-refractivity contribution in [3.05, 3.63) is 30.9 Å². The predicted molar refractivity (Wildman–Crippen MR) is 48.4 cm³/mol. The largest absolute Gasteiger partial charge is 0.483 e. The van der Waals surface area contributed by atoms with Gasteiger partial charge in [-0.25, -0.2) is 0 Å². The molecule has 0 saturated carbocycles. The molecular weight excluding hydrogens is 168 g/mol. The highest BCUT2D eigenvalue weighted by Crippen LogP contribution is 2.26. The topological polar surface area (TPSA) is 35.5 Å². The fourth-order valence-electron chi connectivity index (χ4n) is 0.914. The summed E-state index contributed by atoms with van der Waals surface area (Å²) in [5.74, 6) is 0.625.